The molecule has 0 aliphatic carbocycles. The summed E-state index contributed by atoms with van der Waals surface area (Å²) < 4.78 is 7.16. The second-order valence-corrected chi connectivity index (χ2v) is 8.47. The van der Waals surface area contributed by atoms with Crippen LogP contribution in [-0.2, 0) is 16.1 Å². The molecule has 1 aromatic carbocycles. The van der Waals surface area contributed by atoms with Crippen molar-refractivity contribution in [3.63, 3.8) is 0 Å². The Hall–Kier alpha value is -1.57. The van der Waals surface area contributed by atoms with E-state index in [1.807, 2.05) is 13.8 Å². The lowest BCUT2D eigenvalue weighted by Crippen LogP contribution is -2.33. The Morgan fingerprint density at radius 2 is 2.30 bits per heavy atom. The number of nitrogens with one attached hydrogen (secondary N) is 1. The predicted molar refractivity (Wildman–Crippen MR) is 109 cm³/mol. The first-order chi connectivity index (χ1) is 12.9. The summed E-state index contributed by atoms with van der Waals surface area (Å²) in [5.74, 6) is 0.387. The lowest BCUT2D eigenvalue weighted by molar-refractivity contribution is -0.119. The highest BCUT2D eigenvalue weighted by Gasteiger charge is 2.17. The van der Waals surface area contributed by atoms with Gasteiger partial charge in [-0.1, -0.05) is 37.2 Å². The summed E-state index contributed by atoms with van der Waals surface area (Å²) in [7, 11) is 0. The van der Waals surface area contributed by atoms with E-state index in [1.54, 1.807) is 22.8 Å². The molecular formula is C19H24ClN3O3S. The van der Waals surface area contributed by atoms with Crippen LogP contribution < -0.4 is 10.9 Å². The van der Waals surface area contributed by atoms with Crippen LogP contribution in [0.1, 0.15) is 26.7 Å². The number of halogens is 1. The Morgan fingerprint density at radius 3 is 3.00 bits per heavy atom. The maximum atomic E-state index is 12.9. The molecule has 1 aromatic heterocycles. The molecule has 1 fully saturated rings. The van der Waals surface area contributed by atoms with E-state index in [0.29, 0.717) is 34.2 Å². The summed E-state index contributed by atoms with van der Waals surface area (Å²) in [5.41, 5.74) is 0.447. The third-order valence-corrected chi connectivity index (χ3v) is 5.52. The zero-order chi connectivity index (χ0) is 19.4. The molecule has 1 saturated heterocycles. The van der Waals surface area contributed by atoms with E-state index in [2.05, 4.69) is 10.3 Å². The molecule has 2 aromatic rings. The quantitative estimate of drug-likeness (QED) is 0.562. The molecular weight excluding hydrogens is 386 g/mol. The first kappa shape index (κ1) is 20.2. The van der Waals surface area contributed by atoms with Gasteiger partial charge in [0.15, 0.2) is 5.16 Å². The van der Waals surface area contributed by atoms with E-state index in [9.17, 15) is 9.59 Å². The summed E-state index contributed by atoms with van der Waals surface area (Å²) >= 11 is 7.32. The van der Waals surface area contributed by atoms with Crippen LogP contribution in [0.25, 0.3) is 10.9 Å². The smallest absolute Gasteiger partial charge is 0.262 e. The van der Waals surface area contributed by atoms with E-state index >= 15 is 0 Å². The standard InChI is InChI=1S/C19H24ClN3O3S/c1-12(2)10-23-18(25)15-6-5-13(20)8-16(15)22-19(23)27-11-17(24)21-9-14-4-3-7-26-14/h5-6,8,12,14H,3-4,7,9-11H2,1-2H3,(H,21,24)/t14-/m1/s1. The molecule has 6 nitrogen and oxygen atoms in total. The maximum Gasteiger partial charge on any atom is 0.262 e. The van der Waals surface area contributed by atoms with Crippen molar-refractivity contribution in [1.29, 1.82) is 0 Å². The molecule has 1 N–H and O–H groups in total. The SMILES string of the molecule is CC(C)Cn1c(SCC(=O)NC[C@H]2CCCO2)nc2cc(Cl)ccc2c1=O. The lowest BCUT2D eigenvalue weighted by Gasteiger charge is -2.15. The van der Waals surface area contributed by atoms with Crippen LogP contribution in [0.3, 0.4) is 0 Å². The number of carbonyl (C=O) groups excluding carboxylic acids is 1. The fourth-order valence-electron chi connectivity index (χ4n) is 3.02. The molecule has 2 heterocycles. The number of benzene rings is 1. The van der Waals surface area contributed by atoms with Crippen molar-refractivity contribution in [3.05, 3.63) is 33.6 Å². The second-order valence-electron chi connectivity index (χ2n) is 7.09. The van der Waals surface area contributed by atoms with Crippen molar-refractivity contribution < 1.29 is 9.53 Å². The van der Waals surface area contributed by atoms with E-state index < -0.39 is 0 Å². The number of hydrogen-bond donors (Lipinski definition) is 1. The number of amides is 1. The fourth-order valence-corrected chi connectivity index (χ4v) is 4.03. The summed E-state index contributed by atoms with van der Waals surface area (Å²) in [6, 6.07) is 5.07. The predicted octanol–water partition coefficient (Wildman–Crippen LogP) is 3.09. The van der Waals surface area contributed by atoms with E-state index in [0.717, 1.165) is 19.4 Å². The van der Waals surface area contributed by atoms with Crippen LogP contribution >= 0.6 is 23.4 Å². The first-order valence-corrected chi connectivity index (χ1v) is 10.5. The minimum atomic E-state index is -0.104. The highest BCUT2D eigenvalue weighted by Crippen LogP contribution is 2.21. The van der Waals surface area contributed by atoms with Gasteiger partial charge >= 0.3 is 0 Å². The van der Waals surface area contributed by atoms with Crippen LogP contribution in [0.4, 0.5) is 0 Å². The fraction of sp³-hybridized carbons (Fsp3) is 0.526. The number of nitrogens with zero attached hydrogens (tertiary/aromatic N) is 2. The van der Waals surface area contributed by atoms with Crippen LogP contribution in [0.5, 0.6) is 0 Å². The highest BCUT2D eigenvalue weighted by atomic mass is 35.5. The number of fused-ring (bicyclic) bond motifs is 1. The normalized spacial score (nSPS) is 17.0. The van der Waals surface area contributed by atoms with Crippen LogP contribution in [0, 0.1) is 5.92 Å². The van der Waals surface area contributed by atoms with Crippen molar-refractivity contribution in [2.45, 2.75) is 44.5 Å². The van der Waals surface area contributed by atoms with Crippen molar-refractivity contribution in [2.24, 2.45) is 5.92 Å². The Labute approximate surface area is 167 Å². The number of aromatic nitrogens is 2. The van der Waals surface area contributed by atoms with Gasteiger partial charge in [-0.25, -0.2) is 4.98 Å². The Kier molecular flexibility index (Phi) is 6.78. The Morgan fingerprint density at radius 1 is 1.48 bits per heavy atom. The van der Waals surface area contributed by atoms with Gasteiger partial charge in [0.1, 0.15) is 0 Å². The summed E-state index contributed by atoms with van der Waals surface area (Å²) in [6.45, 7) is 5.92. The van der Waals surface area contributed by atoms with Gasteiger partial charge in [0.2, 0.25) is 5.91 Å². The summed E-state index contributed by atoms with van der Waals surface area (Å²) in [6.07, 6.45) is 2.13. The van der Waals surface area contributed by atoms with Crippen LogP contribution in [0.15, 0.2) is 28.2 Å². The van der Waals surface area contributed by atoms with Crippen molar-refractivity contribution in [2.75, 3.05) is 18.9 Å². The van der Waals surface area contributed by atoms with Gasteiger partial charge < -0.3 is 10.1 Å². The van der Waals surface area contributed by atoms with E-state index in [4.69, 9.17) is 16.3 Å². The minimum absolute atomic E-state index is 0.0907. The van der Waals surface area contributed by atoms with E-state index in [1.165, 1.54) is 11.8 Å². The average Bonchev–Trinajstić information content (AvgIpc) is 3.14. The molecule has 1 amide bonds. The Balaban J connectivity index is 1.76. The molecule has 27 heavy (non-hydrogen) atoms. The second kappa shape index (κ2) is 9.08. The molecule has 0 saturated carbocycles. The van der Waals surface area contributed by atoms with Crippen molar-refractivity contribution in [1.82, 2.24) is 14.9 Å². The molecule has 1 aliphatic rings. The molecule has 0 unspecified atom stereocenters. The summed E-state index contributed by atoms with van der Waals surface area (Å²) in [4.78, 5) is 29.7. The molecule has 1 aliphatic heterocycles. The van der Waals surface area contributed by atoms with Gasteiger partial charge in [0.05, 0.1) is 22.8 Å². The third-order valence-electron chi connectivity index (χ3n) is 4.31. The van der Waals surface area contributed by atoms with Gasteiger partial charge in [-0.3, -0.25) is 14.2 Å². The third kappa shape index (κ3) is 5.24. The minimum Gasteiger partial charge on any atom is -0.376 e. The van der Waals surface area contributed by atoms with Crippen molar-refractivity contribution in [3.8, 4) is 0 Å². The molecule has 8 heteroatoms. The monoisotopic (exact) mass is 409 g/mol. The van der Waals surface area contributed by atoms with Gasteiger partial charge in [-0.15, -0.1) is 0 Å². The first-order valence-electron chi connectivity index (χ1n) is 9.15. The molecule has 0 bridgehead atoms. The molecule has 0 radical (unpaired) electrons. The highest BCUT2D eigenvalue weighted by molar-refractivity contribution is 7.99. The van der Waals surface area contributed by atoms with Gasteiger partial charge in [-0.2, -0.15) is 0 Å². The van der Waals surface area contributed by atoms with Crippen LogP contribution in [0.2, 0.25) is 5.02 Å². The maximum absolute atomic E-state index is 12.9. The van der Waals surface area contributed by atoms with Crippen LogP contribution in [-0.4, -0.2) is 40.5 Å². The van der Waals surface area contributed by atoms with Gasteiger partial charge in [-0.05, 0) is 37.0 Å². The molecule has 0 spiro atoms. The number of ether oxygens (including phenoxy) is 1. The number of hydrogen-bond acceptors (Lipinski definition) is 5. The van der Waals surface area contributed by atoms with Gasteiger partial charge in [0, 0.05) is 24.7 Å². The number of rotatable bonds is 7. The lowest BCUT2D eigenvalue weighted by atomic mass is 10.2. The molecule has 146 valence electrons. The number of thioether (sulfide) groups is 1. The summed E-state index contributed by atoms with van der Waals surface area (Å²) in [5, 5.41) is 4.50. The van der Waals surface area contributed by atoms with Gasteiger partial charge in [0.25, 0.3) is 5.56 Å². The topological polar surface area (TPSA) is 73.2 Å². The zero-order valence-electron chi connectivity index (χ0n) is 15.5. The van der Waals surface area contributed by atoms with Crippen molar-refractivity contribution >= 4 is 40.2 Å². The number of carbonyl (C=O) groups is 1. The molecule has 1 atom stereocenters. The van der Waals surface area contributed by atoms with E-state index in [-0.39, 0.29) is 29.2 Å². The molecule has 3 rings (SSSR count). The average molecular weight is 410 g/mol. The largest absolute Gasteiger partial charge is 0.376 e. The Bertz CT molecular complexity index is 878. The zero-order valence-corrected chi connectivity index (χ0v) is 17.1.